The molecule has 0 aromatic carbocycles. The second-order valence-corrected chi connectivity index (χ2v) is 5.43. The number of nitrogens with two attached hydrogens (primary N) is 1. The molecule has 1 aliphatic rings. The molecule has 17 heavy (non-hydrogen) atoms. The highest BCUT2D eigenvalue weighted by atomic mass is 15.3. The van der Waals surface area contributed by atoms with Crippen LogP contribution in [0.5, 0.6) is 0 Å². The molecule has 1 aliphatic heterocycles. The third-order valence-electron chi connectivity index (χ3n) is 3.90. The minimum Gasteiger partial charge on any atom is -0.329 e. The molecule has 1 saturated heterocycles. The van der Waals surface area contributed by atoms with Crippen molar-refractivity contribution < 1.29 is 0 Å². The van der Waals surface area contributed by atoms with E-state index in [4.69, 9.17) is 5.73 Å². The van der Waals surface area contributed by atoms with Gasteiger partial charge in [0, 0.05) is 37.9 Å². The van der Waals surface area contributed by atoms with Crippen LogP contribution >= 0.6 is 0 Å². The number of rotatable bonds is 3. The molecule has 2 N–H and O–H groups in total. The first-order chi connectivity index (χ1) is 8.11. The summed E-state index contributed by atoms with van der Waals surface area (Å²) in [6, 6.07) is 0.946. The molecule has 1 fully saturated rings. The maximum Gasteiger partial charge on any atom is 0.0538 e. The van der Waals surface area contributed by atoms with Gasteiger partial charge in [-0.15, -0.1) is 0 Å². The van der Waals surface area contributed by atoms with Crippen LogP contribution in [0.4, 0.5) is 0 Å². The van der Waals surface area contributed by atoms with E-state index in [1.54, 1.807) is 0 Å². The molecule has 3 unspecified atom stereocenters. The minimum absolute atomic E-state index is 0.321. The normalized spacial score (nSPS) is 28.2. The van der Waals surface area contributed by atoms with Gasteiger partial charge >= 0.3 is 0 Å². The lowest BCUT2D eigenvalue weighted by atomic mass is 9.92. The molecule has 3 atom stereocenters. The Morgan fingerprint density at radius 3 is 2.82 bits per heavy atom. The maximum absolute atomic E-state index is 5.97. The van der Waals surface area contributed by atoms with Crippen molar-refractivity contribution >= 4 is 0 Å². The minimum atomic E-state index is 0.321. The molecule has 2 rings (SSSR count). The molecule has 0 spiro atoms. The SMILES string of the molecule is CC1CCC(C)N(C(CN)c2cnn(C)c2)C1. The first-order valence-corrected chi connectivity index (χ1v) is 6.56. The van der Waals surface area contributed by atoms with Gasteiger partial charge in [0.2, 0.25) is 0 Å². The van der Waals surface area contributed by atoms with Gasteiger partial charge in [-0.05, 0) is 25.7 Å². The lowest BCUT2D eigenvalue weighted by Crippen LogP contribution is -2.45. The molecule has 4 heteroatoms. The number of aromatic nitrogens is 2. The van der Waals surface area contributed by atoms with Gasteiger partial charge in [-0.2, -0.15) is 5.10 Å². The van der Waals surface area contributed by atoms with Gasteiger partial charge in [0.25, 0.3) is 0 Å². The van der Waals surface area contributed by atoms with Gasteiger partial charge in [0.15, 0.2) is 0 Å². The fourth-order valence-corrected chi connectivity index (χ4v) is 2.83. The van der Waals surface area contributed by atoms with Crippen molar-refractivity contribution in [2.45, 2.75) is 38.8 Å². The number of aryl methyl sites for hydroxylation is 1. The highest BCUT2D eigenvalue weighted by molar-refractivity contribution is 5.12. The predicted octanol–water partition coefficient (Wildman–Crippen LogP) is 1.54. The van der Waals surface area contributed by atoms with E-state index in [-0.39, 0.29) is 0 Å². The molecular formula is C13H24N4. The predicted molar refractivity (Wildman–Crippen MR) is 69.6 cm³/mol. The standard InChI is InChI=1S/C13H24N4/c1-10-4-5-11(2)17(8-10)13(6-14)12-7-15-16(3)9-12/h7,9-11,13H,4-6,8,14H2,1-3H3. The third-order valence-corrected chi connectivity index (χ3v) is 3.90. The van der Waals surface area contributed by atoms with Gasteiger partial charge in [-0.3, -0.25) is 9.58 Å². The van der Waals surface area contributed by atoms with E-state index in [9.17, 15) is 0 Å². The lowest BCUT2D eigenvalue weighted by Gasteiger charge is -2.41. The highest BCUT2D eigenvalue weighted by Crippen LogP contribution is 2.29. The molecule has 0 saturated carbocycles. The Bertz CT molecular complexity index is 360. The molecule has 0 amide bonds. The second kappa shape index (κ2) is 5.19. The quantitative estimate of drug-likeness (QED) is 0.866. The topological polar surface area (TPSA) is 47.1 Å². The molecule has 1 aromatic heterocycles. The molecule has 4 nitrogen and oxygen atoms in total. The second-order valence-electron chi connectivity index (χ2n) is 5.43. The van der Waals surface area contributed by atoms with Crippen LogP contribution in [-0.4, -0.2) is 33.8 Å². The van der Waals surface area contributed by atoms with Crippen LogP contribution in [0.2, 0.25) is 0 Å². The molecule has 0 aliphatic carbocycles. The van der Waals surface area contributed by atoms with E-state index in [0.29, 0.717) is 18.6 Å². The number of hydrogen-bond acceptors (Lipinski definition) is 3. The average molecular weight is 236 g/mol. The van der Waals surface area contributed by atoms with E-state index in [1.807, 2.05) is 17.9 Å². The molecule has 0 bridgehead atoms. The monoisotopic (exact) mass is 236 g/mol. The van der Waals surface area contributed by atoms with Crippen LogP contribution in [0.1, 0.15) is 38.3 Å². The van der Waals surface area contributed by atoms with Crippen LogP contribution in [-0.2, 0) is 7.05 Å². The van der Waals surface area contributed by atoms with E-state index >= 15 is 0 Å². The van der Waals surface area contributed by atoms with E-state index < -0.39 is 0 Å². The van der Waals surface area contributed by atoms with Crippen molar-refractivity contribution in [1.29, 1.82) is 0 Å². The molecule has 96 valence electrons. The van der Waals surface area contributed by atoms with Crippen molar-refractivity contribution in [3.63, 3.8) is 0 Å². The zero-order valence-corrected chi connectivity index (χ0v) is 11.1. The lowest BCUT2D eigenvalue weighted by molar-refractivity contribution is 0.0798. The zero-order valence-electron chi connectivity index (χ0n) is 11.1. The largest absolute Gasteiger partial charge is 0.329 e. The summed E-state index contributed by atoms with van der Waals surface area (Å²) >= 11 is 0. The van der Waals surface area contributed by atoms with Crippen molar-refractivity contribution in [1.82, 2.24) is 14.7 Å². The van der Waals surface area contributed by atoms with Gasteiger partial charge in [-0.25, -0.2) is 0 Å². The Hall–Kier alpha value is -0.870. The smallest absolute Gasteiger partial charge is 0.0538 e. The fraction of sp³-hybridized carbons (Fsp3) is 0.769. The Kier molecular flexibility index (Phi) is 3.84. The number of likely N-dealkylation sites (tertiary alicyclic amines) is 1. The van der Waals surface area contributed by atoms with E-state index in [0.717, 1.165) is 12.5 Å². The summed E-state index contributed by atoms with van der Waals surface area (Å²) in [6.45, 7) is 6.46. The summed E-state index contributed by atoms with van der Waals surface area (Å²) in [5.41, 5.74) is 7.22. The van der Waals surface area contributed by atoms with Crippen molar-refractivity contribution in [2.75, 3.05) is 13.1 Å². The Morgan fingerprint density at radius 2 is 2.24 bits per heavy atom. The van der Waals surface area contributed by atoms with Gasteiger partial charge in [0.05, 0.1) is 12.2 Å². The summed E-state index contributed by atoms with van der Waals surface area (Å²) in [7, 11) is 1.96. The third kappa shape index (κ3) is 2.69. The highest BCUT2D eigenvalue weighted by Gasteiger charge is 2.29. The number of piperidine rings is 1. The van der Waals surface area contributed by atoms with Crippen LogP contribution in [0.3, 0.4) is 0 Å². The maximum atomic E-state index is 5.97. The first kappa shape index (κ1) is 12.6. The summed E-state index contributed by atoms with van der Waals surface area (Å²) in [6.07, 6.45) is 6.65. The van der Waals surface area contributed by atoms with Crippen LogP contribution in [0, 0.1) is 5.92 Å². The van der Waals surface area contributed by atoms with Crippen molar-refractivity contribution in [2.24, 2.45) is 18.7 Å². The number of nitrogens with zero attached hydrogens (tertiary/aromatic N) is 3. The summed E-state index contributed by atoms with van der Waals surface area (Å²) < 4.78 is 1.86. The van der Waals surface area contributed by atoms with Gasteiger partial charge < -0.3 is 5.73 Å². The molecular weight excluding hydrogens is 212 g/mol. The van der Waals surface area contributed by atoms with Crippen molar-refractivity contribution in [3.8, 4) is 0 Å². The summed E-state index contributed by atoms with van der Waals surface area (Å²) in [5, 5.41) is 4.26. The zero-order chi connectivity index (χ0) is 12.4. The molecule has 1 aromatic rings. The molecule has 2 heterocycles. The first-order valence-electron chi connectivity index (χ1n) is 6.56. The van der Waals surface area contributed by atoms with Crippen LogP contribution in [0.25, 0.3) is 0 Å². The Balaban J connectivity index is 2.16. The molecule has 0 radical (unpaired) electrons. The summed E-state index contributed by atoms with van der Waals surface area (Å²) in [4.78, 5) is 2.55. The number of hydrogen-bond donors (Lipinski definition) is 1. The van der Waals surface area contributed by atoms with Crippen molar-refractivity contribution in [3.05, 3.63) is 18.0 Å². The Labute approximate surface area is 104 Å². The van der Waals surface area contributed by atoms with E-state index in [1.165, 1.54) is 18.4 Å². The van der Waals surface area contributed by atoms with Crippen LogP contribution < -0.4 is 5.73 Å². The Morgan fingerprint density at radius 1 is 1.47 bits per heavy atom. The van der Waals surface area contributed by atoms with Gasteiger partial charge in [0.1, 0.15) is 0 Å². The van der Waals surface area contributed by atoms with Crippen LogP contribution in [0.15, 0.2) is 12.4 Å². The average Bonchev–Trinajstić information content (AvgIpc) is 2.71. The summed E-state index contributed by atoms with van der Waals surface area (Å²) in [5.74, 6) is 0.775. The van der Waals surface area contributed by atoms with E-state index in [2.05, 4.69) is 30.0 Å². The van der Waals surface area contributed by atoms with Gasteiger partial charge in [-0.1, -0.05) is 6.92 Å². The fourth-order valence-electron chi connectivity index (χ4n) is 2.83.